The van der Waals surface area contributed by atoms with Crippen LogP contribution in [-0.2, 0) is 0 Å². The largest absolute Gasteiger partial charge is 0.382 e. The second-order valence-electron chi connectivity index (χ2n) is 2.88. The van der Waals surface area contributed by atoms with Gasteiger partial charge in [-0.15, -0.1) is 5.10 Å². The van der Waals surface area contributed by atoms with Crippen molar-refractivity contribution in [3.05, 3.63) is 23.5 Å². The minimum atomic E-state index is 0.510. The van der Waals surface area contributed by atoms with Gasteiger partial charge in [0.15, 0.2) is 5.65 Å². The Morgan fingerprint density at radius 1 is 1.33 bits per heavy atom. The topological polar surface area (TPSA) is 56.2 Å². The summed E-state index contributed by atoms with van der Waals surface area (Å²) in [4.78, 5) is 4.28. The predicted molar refractivity (Wildman–Crippen MR) is 46.9 cm³/mol. The highest BCUT2D eigenvalue weighted by atomic mass is 15.3. The van der Waals surface area contributed by atoms with Gasteiger partial charge in [-0.1, -0.05) is 0 Å². The molecule has 0 radical (unpaired) electrons. The van der Waals surface area contributed by atoms with Crippen LogP contribution >= 0.6 is 0 Å². The first-order valence-electron chi connectivity index (χ1n) is 3.76. The van der Waals surface area contributed by atoms with E-state index in [1.807, 2.05) is 19.9 Å². The molecule has 0 fully saturated rings. The Bertz CT molecular complexity index is 430. The fourth-order valence-electron chi connectivity index (χ4n) is 1.30. The van der Waals surface area contributed by atoms with Crippen molar-refractivity contribution in [2.45, 2.75) is 13.8 Å². The van der Waals surface area contributed by atoms with E-state index >= 15 is 0 Å². The van der Waals surface area contributed by atoms with Crippen LogP contribution in [0.1, 0.15) is 11.4 Å². The van der Waals surface area contributed by atoms with Crippen LogP contribution in [0.15, 0.2) is 12.1 Å². The Labute approximate surface area is 70.0 Å². The molecule has 0 aliphatic rings. The molecule has 0 atom stereocenters. The van der Waals surface area contributed by atoms with E-state index in [-0.39, 0.29) is 0 Å². The number of hydrogen-bond acceptors (Lipinski definition) is 3. The van der Waals surface area contributed by atoms with E-state index in [0.717, 1.165) is 17.0 Å². The van der Waals surface area contributed by atoms with E-state index in [9.17, 15) is 0 Å². The fourth-order valence-corrected chi connectivity index (χ4v) is 1.30. The van der Waals surface area contributed by atoms with Gasteiger partial charge >= 0.3 is 0 Å². The minimum absolute atomic E-state index is 0.510. The zero-order valence-electron chi connectivity index (χ0n) is 7.07. The van der Waals surface area contributed by atoms with E-state index in [1.165, 1.54) is 0 Å². The van der Waals surface area contributed by atoms with Crippen LogP contribution in [0, 0.1) is 13.8 Å². The van der Waals surface area contributed by atoms with Gasteiger partial charge < -0.3 is 5.73 Å². The Balaban J connectivity index is 2.88. The quantitative estimate of drug-likeness (QED) is 0.627. The Hall–Kier alpha value is -1.58. The number of rotatable bonds is 0. The summed E-state index contributed by atoms with van der Waals surface area (Å²) in [5.74, 6) is 0.510. The number of fused-ring (bicyclic) bond motifs is 1. The normalized spacial score (nSPS) is 10.8. The van der Waals surface area contributed by atoms with Crippen LogP contribution < -0.4 is 5.73 Å². The zero-order valence-corrected chi connectivity index (χ0v) is 7.07. The van der Waals surface area contributed by atoms with Crippen molar-refractivity contribution in [2.24, 2.45) is 0 Å². The molecule has 0 bridgehead atoms. The van der Waals surface area contributed by atoms with Crippen molar-refractivity contribution in [1.29, 1.82) is 0 Å². The van der Waals surface area contributed by atoms with Crippen LogP contribution in [0.25, 0.3) is 5.65 Å². The maximum atomic E-state index is 5.54. The molecule has 2 aromatic rings. The number of aryl methyl sites for hydroxylation is 2. The number of nitrogens with two attached hydrogens (primary N) is 1. The molecule has 0 unspecified atom stereocenters. The van der Waals surface area contributed by atoms with Gasteiger partial charge in [-0.25, -0.2) is 9.50 Å². The minimum Gasteiger partial charge on any atom is -0.382 e. The highest BCUT2D eigenvalue weighted by molar-refractivity contribution is 5.48. The Kier molecular flexibility index (Phi) is 1.30. The van der Waals surface area contributed by atoms with Gasteiger partial charge in [-0.05, 0) is 19.9 Å². The monoisotopic (exact) mass is 162 g/mol. The molecule has 2 aromatic heterocycles. The van der Waals surface area contributed by atoms with Crippen LogP contribution in [-0.4, -0.2) is 14.6 Å². The lowest BCUT2D eigenvalue weighted by Gasteiger charge is -1.98. The summed E-state index contributed by atoms with van der Waals surface area (Å²) in [6.07, 6.45) is 0. The summed E-state index contributed by atoms with van der Waals surface area (Å²) in [6.45, 7) is 3.93. The average Bonchev–Trinajstić information content (AvgIpc) is 2.29. The van der Waals surface area contributed by atoms with E-state index in [4.69, 9.17) is 5.73 Å². The maximum Gasteiger partial charge on any atom is 0.157 e. The molecule has 0 aliphatic carbocycles. The second-order valence-corrected chi connectivity index (χ2v) is 2.88. The average molecular weight is 162 g/mol. The van der Waals surface area contributed by atoms with Gasteiger partial charge in [-0.3, -0.25) is 0 Å². The lowest BCUT2D eigenvalue weighted by atomic mass is 10.3. The number of hydrogen-bond donors (Lipinski definition) is 1. The van der Waals surface area contributed by atoms with E-state index in [0.29, 0.717) is 5.82 Å². The SMILES string of the molecule is Cc1cc(C)n2nc(N)cc2n1. The van der Waals surface area contributed by atoms with Crippen molar-refractivity contribution < 1.29 is 0 Å². The summed E-state index contributed by atoms with van der Waals surface area (Å²) in [5.41, 5.74) is 8.38. The first kappa shape index (κ1) is 7.09. The number of anilines is 1. The highest BCUT2D eigenvalue weighted by Crippen LogP contribution is 2.09. The summed E-state index contributed by atoms with van der Waals surface area (Å²) < 4.78 is 1.74. The number of nitrogens with zero attached hydrogens (tertiary/aromatic N) is 3. The molecule has 12 heavy (non-hydrogen) atoms. The number of nitrogen functional groups attached to an aromatic ring is 1. The van der Waals surface area contributed by atoms with Crippen LogP contribution in [0.5, 0.6) is 0 Å². The first-order valence-corrected chi connectivity index (χ1v) is 3.76. The van der Waals surface area contributed by atoms with E-state index in [2.05, 4.69) is 10.1 Å². The Morgan fingerprint density at radius 2 is 2.08 bits per heavy atom. The molecule has 2 N–H and O–H groups in total. The van der Waals surface area contributed by atoms with Gasteiger partial charge in [0.25, 0.3) is 0 Å². The van der Waals surface area contributed by atoms with Crippen molar-refractivity contribution in [2.75, 3.05) is 5.73 Å². The van der Waals surface area contributed by atoms with Crippen LogP contribution in [0.2, 0.25) is 0 Å². The molecule has 2 heterocycles. The molecule has 0 amide bonds. The second kappa shape index (κ2) is 2.20. The Morgan fingerprint density at radius 3 is 2.83 bits per heavy atom. The maximum absolute atomic E-state index is 5.54. The summed E-state index contributed by atoms with van der Waals surface area (Å²) in [7, 11) is 0. The van der Waals surface area contributed by atoms with Crippen LogP contribution in [0.3, 0.4) is 0 Å². The molecule has 0 spiro atoms. The van der Waals surface area contributed by atoms with Crippen molar-refractivity contribution >= 4 is 11.5 Å². The number of aromatic nitrogens is 3. The smallest absolute Gasteiger partial charge is 0.157 e. The van der Waals surface area contributed by atoms with Crippen molar-refractivity contribution in [3.63, 3.8) is 0 Å². The predicted octanol–water partition coefficient (Wildman–Crippen LogP) is 0.928. The fraction of sp³-hybridized carbons (Fsp3) is 0.250. The molecule has 4 nitrogen and oxygen atoms in total. The van der Waals surface area contributed by atoms with Gasteiger partial charge in [-0.2, -0.15) is 0 Å². The molecule has 0 saturated carbocycles. The molecule has 0 aliphatic heterocycles. The molecule has 0 aromatic carbocycles. The lowest BCUT2D eigenvalue weighted by molar-refractivity contribution is 0.890. The molecule has 2 rings (SSSR count). The standard InChI is InChI=1S/C8H10N4/c1-5-3-6(2)12-8(10-5)4-7(9)11-12/h3-4H,1-2H3,(H2,9,11). The highest BCUT2D eigenvalue weighted by Gasteiger charge is 2.01. The van der Waals surface area contributed by atoms with Crippen LogP contribution in [0.4, 0.5) is 5.82 Å². The first-order chi connectivity index (χ1) is 5.66. The van der Waals surface area contributed by atoms with Crippen molar-refractivity contribution in [1.82, 2.24) is 14.6 Å². The summed E-state index contributed by atoms with van der Waals surface area (Å²) in [6, 6.07) is 3.74. The van der Waals surface area contributed by atoms with Gasteiger partial charge in [0, 0.05) is 17.5 Å². The summed E-state index contributed by atoms with van der Waals surface area (Å²) in [5, 5.41) is 4.09. The van der Waals surface area contributed by atoms with Crippen molar-refractivity contribution in [3.8, 4) is 0 Å². The summed E-state index contributed by atoms with van der Waals surface area (Å²) >= 11 is 0. The molecular formula is C8H10N4. The molecule has 0 saturated heterocycles. The lowest BCUT2D eigenvalue weighted by Crippen LogP contribution is -1.97. The molecular weight excluding hydrogens is 152 g/mol. The van der Waals surface area contributed by atoms with E-state index in [1.54, 1.807) is 10.6 Å². The third-order valence-corrected chi connectivity index (χ3v) is 1.75. The molecule has 4 heteroatoms. The van der Waals surface area contributed by atoms with Gasteiger partial charge in [0.1, 0.15) is 5.82 Å². The third kappa shape index (κ3) is 0.922. The van der Waals surface area contributed by atoms with E-state index < -0.39 is 0 Å². The van der Waals surface area contributed by atoms with Gasteiger partial charge in [0.2, 0.25) is 0 Å². The zero-order chi connectivity index (χ0) is 8.72. The van der Waals surface area contributed by atoms with Gasteiger partial charge in [0.05, 0.1) is 0 Å². The molecule has 62 valence electrons. The third-order valence-electron chi connectivity index (χ3n) is 1.75.